The Morgan fingerprint density at radius 2 is 1.81 bits per heavy atom. The minimum Gasteiger partial charge on any atom is -0.366 e. The molecule has 138 valence electrons. The third-order valence-electron chi connectivity index (χ3n) is 3.56. The highest BCUT2D eigenvalue weighted by Gasteiger charge is 2.17. The summed E-state index contributed by atoms with van der Waals surface area (Å²) in [5, 5.41) is 4.27. The fourth-order valence-corrected chi connectivity index (χ4v) is 4.68. The van der Waals surface area contributed by atoms with Crippen LogP contribution in [0.15, 0.2) is 59.5 Å². The zero-order chi connectivity index (χ0) is 19.4. The van der Waals surface area contributed by atoms with Crippen LogP contribution in [-0.2, 0) is 4.79 Å². The van der Waals surface area contributed by atoms with E-state index in [0.717, 1.165) is 10.4 Å². The molecule has 0 unspecified atom stereocenters. The van der Waals surface area contributed by atoms with Crippen molar-refractivity contribution < 1.29 is 9.59 Å². The van der Waals surface area contributed by atoms with Crippen molar-refractivity contribution in [1.29, 1.82) is 0 Å². The first-order valence-corrected chi connectivity index (χ1v) is 10.4. The molecule has 3 aromatic rings. The maximum atomic E-state index is 12.3. The second-order valence-electron chi connectivity index (χ2n) is 5.50. The Hall–Kier alpha value is -1.99. The van der Waals surface area contributed by atoms with Crippen molar-refractivity contribution in [3.63, 3.8) is 0 Å². The zero-order valence-corrected chi connectivity index (χ0v) is 17.0. The third-order valence-corrected chi connectivity index (χ3v) is 6.39. The number of nitrogens with one attached hydrogen (secondary N) is 1. The van der Waals surface area contributed by atoms with Crippen LogP contribution in [0.4, 0.5) is 5.00 Å². The number of hydrogen-bond acceptors (Lipinski definition) is 4. The highest BCUT2D eigenvalue weighted by Crippen LogP contribution is 2.36. The molecular weight excluding hydrogens is 423 g/mol. The number of carbonyl (C=O) groups excluding carboxylic acids is 2. The van der Waals surface area contributed by atoms with Crippen molar-refractivity contribution in [3.05, 3.63) is 70.2 Å². The summed E-state index contributed by atoms with van der Waals surface area (Å²) >= 11 is 14.6. The number of primary amides is 1. The van der Waals surface area contributed by atoms with E-state index in [1.54, 1.807) is 24.3 Å². The largest absolute Gasteiger partial charge is 0.366 e. The average molecular weight is 437 g/mol. The summed E-state index contributed by atoms with van der Waals surface area (Å²) in [4.78, 5) is 25.7. The van der Waals surface area contributed by atoms with Crippen molar-refractivity contribution >= 4 is 63.1 Å². The number of nitrogens with two attached hydrogens (primary N) is 1. The molecule has 0 radical (unpaired) electrons. The van der Waals surface area contributed by atoms with E-state index in [0.29, 0.717) is 19.9 Å². The van der Waals surface area contributed by atoms with Gasteiger partial charge in [-0.1, -0.05) is 53.5 Å². The number of amides is 2. The number of benzene rings is 2. The van der Waals surface area contributed by atoms with Crippen LogP contribution in [0.3, 0.4) is 0 Å². The molecule has 2 aromatic carbocycles. The molecule has 4 nitrogen and oxygen atoms in total. The van der Waals surface area contributed by atoms with E-state index in [-0.39, 0.29) is 17.2 Å². The summed E-state index contributed by atoms with van der Waals surface area (Å²) in [5.74, 6) is -0.731. The summed E-state index contributed by atoms with van der Waals surface area (Å²) in [6.45, 7) is 0. The number of carbonyl (C=O) groups is 2. The fourth-order valence-electron chi connectivity index (χ4n) is 2.31. The zero-order valence-electron chi connectivity index (χ0n) is 13.9. The van der Waals surface area contributed by atoms with Crippen LogP contribution in [0.5, 0.6) is 0 Å². The van der Waals surface area contributed by atoms with Gasteiger partial charge in [0.1, 0.15) is 5.00 Å². The summed E-state index contributed by atoms with van der Waals surface area (Å²) in [5.41, 5.74) is 6.70. The van der Waals surface area contributed by atoms with Crippen LogP contribution < -0.4 is 11.1 Å². The Balaban J connectivity index is 1.74. The van der Waals surface area contributed by atoms with Crippen LogP contribution in [0.2, 0.25) is 10.0 Å². The molecule has 0 spiro atoms. The minimum absolute atomic E-state index is 0.122. The first-order chi connectivity index (χ1) is 12.9. The smallest absolute Gasteiger partial charge is 0.251 e. The number of thioether (sulfide) groups is 1. The molecule has 0 atom stereocenters. The first kappa shape index (κ1) is 19.8. The fraction of sp³-hybridized carbons (Fsp3) is 0.0526. The Morgan fingerprint density at radius 1 is 1.07 bits per heavy atom. The lowest BCUT2D eigenvalue weighted by atomic mass is 10.1. The van der Waals surface area contributed by atoms with Crippen molar-refractivity contribution in [3.8, 4) is 10.4 Å². The predicted molar refractivity (Wildman–Crippen MR) is 114 cm³/mol. The normalized spacial score (nSPS) is 10.6. The Morgan fingerprint density at radius 3 is 2.52 bits per heavy atom. The van der Waals surface area contributed by atoms with Gasteiger partial charge in [-0.3, -0.25) is 9.59 Å². The molecule has 27 heavy (non-hydrogen) atoms. The molecule has 0 saturated heterocycles. The molecule has 3 N–H and O–H groups in total. The molecule has 2 amide bonds. The number of anilines is 1. The SMILES string of the molecule is NC(=O)c1cc(-c2ccccc2)sc1NC(=O)CSc1cc(Cl)ccc1Cl. The van der Waals surface area contributed by atoms with Gasteiger partial charge >= 0.3 is 0 Å². The topological polar surface area (TPSA) is 72.2 Å². The lowest BCUT2D eigenvalue weighted by Crippen LogP contribution is -2.17. The quantitative estimate of drug-likeness (QED) is 0.497. The van der Waals surface area contributed by atoms with Crippen molar-refractivity contribution in [2.45, 2.75) is 4.90 Å². The molecule has 0 saturated carbocycles. The van der Waals surface area contributed by atoms with Crippen LogP contribution in [-0.4, -0.2) is 17.6 Å². The lowest BCUT2D eigenvalue weighted by Gasteiger charge is -2.06. The molecule has 0 fully saturated rings. The van der Waals surface area contributed by atoms with Gasteiger partial charge in [-0.15, -0.1) is 23.1 Å². The van der Waals surface area contributed by atoms with Gasteiger partial charge in [0.25, 0.3) is 5.91 Å². The van der Waals surface area contributed by atoms with Crippen molar-refractivity contribution in [2.24, 2.45) is 5.73 Å². The second-order valence-corrected chi connectivity index (χ2v) is 8.41. The van der Waals surface area contributed by atoms with E-state index in [1.807, 2.05) is 30.3 Å². The van der Waals surface area contributed by atoms with Gasteiger partial charge in [0.15, 0.2) is 0 Å². The average Bonchev–Trinajstić information content (AvgIpc) is 3.07. The third kappa shape index (κ3) is 5.05. The highest BCUT2D eigenvalue weighted by atomic mass is 35.5. The van der Waals surface area contributed by atoms with Crippen molar-refractivity contribution in [1.82, 2.24) is 0 Å². The van der Waals surface area contributed by atoms with Crippen molar-refractivity contribution in [2.75, 3.05) is 11.1 Å². The van der Waals surface area contributed by atoms with Crippen LogP contribution in [0.25, 0.3) is 10.4 Å². The number of hydrogen-bond donors (Lipinski definition) is 2. The Bertz CT molecular complexity index is 991. The second kappa shape index (κ2) is 8.80. The van der Waals surface area contributed by atoms with E-state index in [2.05, 4.69) is 5.32 Å². The van der Waals surface area contributed by atoms with Crippen LogP contribution in [0.1, 0.15) is 10.4 Å². The van der Waals surface area contributed by atoms with E-state index in [9.17, 15) is 9.59 Å². The summed E-state index contributed by atoms with van der Waals surface area (Å²) in [6.07, 6.45) is 0. The summed E-state index contributed by atoms with van der Waals surface area (Å²) < 4.78 is 0. The highest BCUT2D eigenvalue weighted by molar-refractivity contribution is 8.00. The van der Waals surface area contributed by atoms with Gasteiger partial charge in [-0.05, 0) is 29.8 Å². The maximum absolute atomic E-state index is 12.3. The number of thiophene rings is 1. The van der Waals surface area contributed by atoms with E-state index in [1.165, 1.54) is 23.1 Å². The Kier molecular flexibility index (Phi) is 6.44. The van der Waals surface area contributed by atoms with E-state index in [4.69, 9.17) is 28.9 Å². The monoisotopic (exact) mass is 436 g/mol. The Labute approximate surface area is 174 Å². The molecule has 1 heterocycles. The van der Waals surface area contributed by atoms with Gasteiger partial charge in [0.05, 0.1) is 16.3 Å². The predicted octanol–water partition coefficient (Wildman–Crippen LogP) is 5.55. The molecule has 0 bridgehead atoms. The first-order valence-electron chi connectivity index (χ1n) is 7.81. The standard InChI is InChI=1S/C19H14Cl2N2O2S2/c20-12-6-7-14(21)16(8-12)26-10-17(24)23-19-13(18(22)25)9-15(27-19)11-4-2-1-3-5-11/h1-9H,10H2,(H2,22,25)(H,23,24). The van der Waals surface area contributed by atoms with E-state index >= 15 is 0 Å². The van der Waals surface area contributed by atoms with Gasteiger partial charge in [0.2, 0.25) is 5.91 Å². The van der Waals surface area contributed by atoms with E-state index < -0.39 is 5.91 Å². The molecule has 1 aromatic heterocycles. The summed E-state index contributed by atoms with van der Waals surface area (Å²) in [6, 6.07) is 16.3. The molecule has 0 aliphatic heterocycles. The van der Waals surface area contributed by atoms with Gasteiger partial charge in [-0.25, -0.2) is 0 Å². The molecule has 0 aliphatic rings. The lowest BCUT2D eigenvalue weighted by molar-refractivity contribution is -0.113. The molecule has 3 rings (SSSR count). The summed E-state index contributed by atoms with van der Waals surface area (Å²) in [7, 11) is 0. The minimum atomic E-state index is -0.589. The van der Waals surface area contributed by atoms with Crippen LogP contribution >= 0.6 is 46.3 Å². The van der Waals surface area contributed by atoms with Gasteiger partial charge in [-0.2, -0.15) is 0 Å². The molecular formula is C19H14Cl2N2O2S2. The van der Waals surface area contributed by atoms with Crippen LogP contribution in [0, 0.1) is 0 Å². The maximum Gasteiger partial charge on any atom is 0.251 e. The number of rotatable bonds is 6. The van der Waals surface area contributed by atoms with Gasteiger partial charge in [0, 0.05) is 14.8 Å². The molecule has 8 heteroatoms. The van der Waals surface area contributed by atoms with Gasteiger partial charge < -0.3 is 11.1 Å². The molecule has 0 aliphatic carbocycles. The number of halogens is 2.